The van der Waals surface area contributed by atoms with Crippen molar-refractivity contribution >= 4 is 50.6 Å². The van der Waals surface area contributed by atoms with Gasteiger partial charge < -0.3 is 10.4 Å². The molecule has 2 aromatic carbocycles. The first-order chi connectivity index (χ1) is 15.0. The van der Waals surface area contributed by atoms with E-state index in [2.05, 4.69) is 10.3 Å². The van der Waals surface area contributed by atoms with Gasteiger partial charge in [-0.1, -0.05) is 18.5 Å². The summed E-state index contributed by atoms with van der Waals surface area (Å²) in [6.07, 6.45) is -1.55. The summed E-state index contributed by atoms with van der Waals surface area (Å²) in [5.41, 5.74) is 1.41. The zero-order valence-electron chi connectivity index (χ0n) is 16.2. The second-order valence-electron chi connectivity index (χ2n) is 6.47. The molecule has 1 heterocycles. The molecule has 32 heavy (non-hydrogen) atoms. The molecule has 1 aromatic heterocycles. The molecule has 0 saturated heterocycles. The van der Waals surface area contributed by atoms with Crippen molar-refractivity contribution in [3.63, 3.8) is 0 Å². The molecule has 3 rings (SSSR count). The van der Waals surface area contributed by atoms with Crippen molar-refractivity contribution in [1.29, 1.82) is 0 Å². The number of hydrogen-bond donors (Lipinski definition) is 2. The fraction of sp³-hybridized carbons (Fsp3) is 0.158. The lowest BCUT2D eigenvalue weighted by Crippen LogP contribution is -2.36. The number of hydrogen-bond acceptors (Lipinski definition) is 6. The van der Waals surface area contributed by atoms with Gasteiger partial charge in [0.1, 0.15) is 22.3 Å². The molecule has 0 fully saturated rings. The summed E-state index contributed by atoms with van der Waals surface area (Å²) < 4.78 is 67.6. The Morgan fingerprint density at radius 2 is 1.88 bits per heavy atom. The van der Waals surface area contributed by atoms with Gasteiger partial charge in [-0.3, -0.25) is 0 Å². The maximum atomic E-state index is 14.8. The Hall–Kier alpha value is -2.83. The van der Waals surface area contributed by atoms with Gasteiger partial charge in [0.15, 0.2) is 5.82 Å². The maximum Gasteiger partial charge on any atom is 0.427 e. The number of carboxylic acid groups (broad SMARTS) is 1. The van der Waals surface area contributed by atoms with Gasteiger partial charge in [0.25, 0.3) is 10.0 Å². The lowest BCUT2D eigenvalue weighted by molar-refractivity contribution is 0.206. The number of thiazole rings is 1. The standard InChI is InChI=1S/C19H15ClF3N3O4S2/c1-2-15(10-3-11(21)5-12(22)4-10)25-16-7-14(23)17(6-13(16)20)32(29,30)26(19(27)28)18-8-31-9-24-18/h3-9,15,25H,2H2,1H3,(H,27,28)/t15-/m0/s1. The molecule has 0 saturated carbocycles. The number of carbonyl (C=O) groups is 1. The molecule has 170 valence electrons. The molecule has 1 atom stereocenters. The molecular formula is C19H15ClF3N3O4S2. The van der Waals surface area contributed by atoms with Gasteiger partial charge in [0.2, 0.25) is 0 Å². The molecule has 7 nitrogen and oxygen atoms in total. The number of sulfonamides is 1. The fourth-order valence-corrected chi connectivity index (χ4v) is 5.14. The van der Waals surface area contributed by atoms with Crippen LogP contribution in [0.25, 0.3) is 0 Å². The number of amides is 1. The lowest BCUT2D eigenvalue weighted by Gasteiger charge is -2.21. The molecule has 0 bridgehead atoms. The van der Waals surface area contributed by atoms with E-state index in [9.17, 15) is 31.5 Å². The van der Waals surface area contributed by atoms with Gasteiger partial charge in [-0.15, -0.1) is 15.6 Å². The molecule has 0 radical (unpaired) electrons. The van der Waals surface area contributed by atoms with Crippen LogP contribution >= 0.6 is 22.9 Å². The number of anilines is 2. The van der Waals surface area contributed by atoms with Gasteiger partial charge in [0.05, 0.1) is 22.3 Å². The molecule has 2 N–H and O–H groups in total. The Labute approximate surface area is 190 Å². The fourth-order valence-electron chi connectivity index (χ4n) is 2.95. The van der Waals surface area contributed by atoms with Crippen molar-refractivity contribution < 1.29 is 31.5 Å². The highest BCUT2D eigenvalue weighted by Gasteiger charge is 2.35. The summed E-state index contributed by atoms with van der Waals surface area (Å²) in [5.74, 6) is -3.29. The molecule has 13 heteroatoms. The summed E-state index contributed by atoms with van der Waals surface area (Å²) in [5, 5.41) is 13.1. The SMILES string of the molecule is CC[C@H](Nc1cc(F)c(S(=O)(=O)N(C(=O)O)c2cscn2)cc1Cl)c1cc(F)cc(F)c1. The predicted octanol–water partition coefficient (Wildman–Crippen LogP) is 5.65. The summed E-state index contributed by atoms with van der Waals surface area (Å²) in [4.78, 5) is 14.2. The van der Waals surface area contributed by atoms with Crippen LogP contribution in [-0.2, 0) is 10.0 Å². The monoisotopic (exact) mass is 505 g/mol. The highest BCUT2D eigenvalue weighted by Crippen LogP contribution is 2.34. The van der Waals surface area contributed by atoms with Crippen LogP contribution in [0.1, 0.15) is 24.9 Å². The Kier molecular flexibility index (Phi) is 6.96. The van der Waals surface area contributed by atoms with Crippen LogP contribution < -0.4 is 9.62 Å². The van der Waals surface area contributed by atoms with Crippen molar-refractivity contribution in [3.8, 4) is 0 Å². The van der Waals surface area contributed by atoms with Crippen LogP contribution in [0.15, 0.2) is 46.1 Å². The van der Waals surface area contributed by atoms with Crippen molar-refractivity contribution in [1.82, 2.24) is 4.98 Å². The molecule has 0 aliphatic heterocycles. The summed E-state index contributed by atoms with van der Waals surface area (Å²) >= 11 is 7.10. The Morgan fingerprint density at radius 3 is 2.41 bits per heavy atom. The zero-order valence-corrected chi connectivity index (χ0v) is 18.6. The van der Waals surface area contributed by atoms with Gasteiger partial charge in [-0.2, -0.15) is 0 Å². The lowest BCUT2D eigenvalue weighted by atomic mass is 10.0. The number of nitrogens with one attached hydrogen (secondary N) is 1. The first kappa shape index (κ1) is 23.8. The third-order valence-corrected chi connectivity index (χ3v) is 6.95. The normalized spacial score (nSPS) is 12.4. The second-order valence-corrected chi connectivity index (χ2v) is 9.35. The minimum Gasteiger partial charge on any atom is -0.464 e. The molecule has 1 amide bonds. The van der Waals surface area contributed by atoms with Crippen LogP contribution in [0, 0.1) is 17.5 Å². The van der Waals surface area contributed by atoms with Crippen molar-refractivity contribution in [2.75, 3.05) is 9.62 Å². The quantitative estimate of drug-likeness (QED) is 0.430. The molecule has 0 spiro atoms. The number of aromatic nitrogens is 1. The van der Waals surface area contributed by atoms with Gasteiger partial charge in [0, 0.05) is 11.4 Å². The first-order valence-corrected chi connectivity index (χ1v) is 11.7. The molecule has 0 aliphatic rings. The molecular weight excluding hydrogens is 491 g/mol. The van der Waals surface area contributed by atoms with Crippen LogP contribution in [0.3, 0.4) is 0 Å². The van der Waals surface area contributed by atoms with E-state index in [1.807, 2.05) is 0 Å². The number of nitrogens with zero attached hydrogens (tertiary/aromatic N) is 2. The summed E-state index contributed by atoms with van der Waals surface area (Å²) in [7, 11) is -4.90. The Balaban J connectivity index is 1.99. The van der Waals surface area contributed by atoms with E-state index >= 15 is 0 Å². The summed E-state index contributed by atoms with van der Waals surface area (Å²) in [6.45, 7) is 1.71. The maximum absolute atomic E-state index is 14.8. The van der Waals surface area contributed by atoms with E-state index in [-0.39, 0.29) is 20.6 Å². The van der Waals surface area contributed by atoms with E-state index in [1.165, 1.54) is 10.9 Å². The minimum absolute atomic E-state index is 0.0461. The van der Waals surface area contributed by atoms with Gasteiger partial charge in [-0.05, 0) is 36.2 Å². The van der Waals surface area contributed by atoms with Crippen molar-refractivity contribution in [2.24, 2.45) is 0 Å². The van der Waals surface area contributed by atoms with Crippen LogP contribution in [-0.4, -0.2) is 24.6 Å². The van der Waals surface area contributed by atoms with Crippen molar-refractivity contribution in [3.05, 3.63) is 69.3 Å². The Bertz CT molecular complexity index is 1240. The first-order valence-electron chi connectivity index (χ1n) is 8.92. The average molecular weight is 506 g/mol. The molecule has 0 aliphatic carbocycles. The van der Waals surface area contributed by atoms with Crippen molar-refractivity contribution in [2.45, 2.75) is 24.3 Å². The van der Waals surface area contributed by atoms with E-state index in [0.29, 0.717) is 12.5 Å². The topological polar surface area (TPSA) is 99.6 Å². The third-order valence-electron chi connectivity index (χ3n) is 4.37. The van der Waals surface area contributed by atoms with E-state index < -0.39 is 50.3 Å². The van der Waals surface area contributed by atoms with Gasteiger partial charge >= 0.3 is 6.09 Å². The second kappa shape index (κ2) is 9.35. The van der Waals surface area contributed by atoms with E-state index in [4.69, 9.17) is 11.6 Å². The summed E-state index contributed by atoms with van der Waals surface area (Å²) in [6, 6.07) is 3.77. The highest BCUT2D eigenvalue weighted by atomic mass is 35.5. The smallest absolute Gasteiger partial charge is 0.427 e. The van der Waals surface area contributed by atoms with E-state index in [1.54, 1.807) is 6.92 Å². The zero-order chi connectivity index (χ0) is 23.6. The average Bonchev–Trinajstić information content (AvgIpc) is 3.20. The van der Waals surface area contributed by atoms with Crippen LogP contribution in [0.4, 0.5) is 29.5 Å². The largest absolute Gasteiger partial charge is 0.464 e. The number of halogens is 4. The van der Waals surface area contributed by atoms with Gasteiger partial charge in [-0.25, -0.2) is 31.4 Å². The molecule has 3 aromatic rings. The minimum atomic E-state index is -4.90. The Morgan fingerprint density at radius 1 is 1.22 bits per heavy atom. The third kappa shape index (κ3) is 4.81. The number of benzene rings is 2. The van der Waals surface area contributed by atoms with Crippen LogP contribution in [0.5, 0.6) is 0 Å². The number of rotatable bonds is 7. The van der Waals surface area contributed by atoms with Crippen LogP contribution in [0.2, 0.25) is 5.02 Å². The predicted molar refractivity (Wildman–Crippen MR) is 114 cm³/mol. The van der Waals surface area contributed by atoms with E-state index in [0.717, 1.165) is 35.6 Å². The molecule has 0 unspecified atom stereocenters. The highest BCUT2D eigenvalue weighted by molar-refractivity contribution is 7.93.